The number of likely N-dealkylation sites (tertiary alicyclic amines) is 1. The second-order valence-electron chi connectivity index (χ2n) is 9.12. The number of amides is 1. The summed E-state index contributed by atoms with van der Waals surface area (Å²) < 4.78 is 13.1. The Morgan fingerprint density at radius 1 is 1.18 bits per heavy atom. The normalized spacial score (nSPS) is 19.3. The van der Waals surface area contributed by atoms with E-state index in [1.807, 2.05) is 4.90 Å². The highest BCUT2D eigenvalue weighted by Crippen LogP contribution is 2.27. The molecule has 0 aliphatic carbocycles. The van der Waals surface area contributed by atoms with E-state index in [9.17, 15) is 4.79 Å². The number of ether oxygens (including phenoxy) is 2. The van der Waals surface area contributed by atoms with Crippen molar-refractivity contribution in [1.29, 1.82) is 0 Å². The Balaban J connectivity index is 1.38. The number of hydrogen-bond donors (Lipinski definition) is 0. The third-order valence-electron chi connectivity index (χ3n) is 6.88. The van der Waals surface area contributed by atoms with Gasteiger partial charge in [0.05, 0.1) is 31.9 Å². The Hall–Kier alpha value is -2.90. The highest BCUT2D eigenvalue weighted by atomic mass is 16.5. The Kier molecular flexibility index (Phi) is 6.33. The molecule has 5 rings (SSSR count). The summed E-state index contributed by atoms with van der Waals surface area (Å²) in [6.45, 7) is 5.07. The maximum atomic E-state index is 13.3. The molecule has 33 heavy (non-hydrogen) atoms. The van der Waals surface area contributed by atoms with Crippen LogP contribution in [0, 0.1) is 0 Å². The third-order valence-corrected chi connectivity index (χ3v) is 6.88. The van der Waals surface area contributed by atoms with Crippen LogP contribution in [-0.4, -0.2) is 71.3 Å². The van der Waals surface area contributed by atoms with Crippen LogP contribution in [0.5, 0.6) is 5.88 Å². The number of carbonyl (C=O) groups excluding carboxylic acids is 1. The zero-order chi connectivity index (χ0) is 22.8. The van der Waals surface area contributed by atoms with Gasteiger partial charge in [0, 0.05) is 49.5 Å². The van der Waals surface area contributed by atoms with Crippen LogP contribution in [0.15, 0.2) is 42.7 Å². The van der Waals surface area contributed by atoms with Crippen LogP contribution in [0.2, 0.25) is 0 Å². The van der Waals surface area contributed by atoms with Crippen molar-refractivity contribution in [1.82, 2.24) is 19.4 Å². The van der Waals surface area contributed by atoms with E-state index in [-0.39, 0.29) is 11.9 Å². The molecule has 7 nitrogen and oxygen atoms in total. The molecule has 2 aromatic heterocycles. The summed E-state index contributed by atoms with van der Waals surface area (Å²) in [5.41, 5.74) is 4.42. The van der Waals surface area contributed by atoms with E-state index in [1.54, 1.807) is 25.4 Å². The quantitative estimate of drug-likeness (QED) is 0.579. The summed E-state index contributed by atoms with van der Waals surface area (Å²) in [7, 11) is 3.66. The predicted octanol–water partition coefficient (Wildman–Crippen LogP) is 3.26. The van der Waals surface area contributed by atoms with Gasteiger partial charge in [0.15, 0.2) is 0 Å². The highest BCUT2D eigenvalue weighted by Gasteiger charge is 2.29. The fourth-order valence-corrected chi connectivity index (χ4v) is 5.12. The van der Waals surface area contributed by atoms with Gasteiger partial charge in [-0.05, 0) is 61.7 Å². The van der Waals surface area contributed by atoms with E-state index in [1.165, 1.54) is 48.0 Å². The van der Waals surface area contributed by atoms with Crippen molar-refractivity contribution in [2.45, 2.75) is 31.8 Å². The van der Waals surface area contributed by atoms with Crippen LogP contribution in [0.25, 0.3) is 10.9 Å². The summed E-state index contributed by atoms with van der Waals surface area (Å²) in [4.78, 5) is 22.0. The first-order chi connectivity index (χ1) is 16.1. The molecule has 1 atom stereocenters. The smallest absolute Gasteiger partial charge is 0.255 e. The summed E-state index contributed by atoms with van der Waals surface area (Å²) in [6, 6.07) is 10.3. The fourth-order valence-electron chi connectivity index (χ4n) is 5.12. The molecule has 0 unspecified atom stereocenters. The number of aryl methyl sites for hydroxylation is 1. The van der Waals surface area contributed by atoms with Gasteiger partial charge in [0.1, 0.15) is 0 Å². The Labute approximate surface area is 194 Å². The van der Waals surface area contributed by atoms with Gasteiger partial charge in [-0.25, -0.2) is 4.98 Å². The molecule has 0 bridgehead atoms. The van der Waals surface area contributed by atoms with Crippen LogP contribution in [0.4, 0.5) is 0 Å². The Morgan fingerprint density at radius 3 is 2.79 bits per heavy atom. The molecule has 0 saturated carbocycles. The molecule has 3 aromatic rings. The molecule has 2 aliphatic heterocycles. The summed E-state index contributed by atoms with van der Waals surface area (Å²) in [6.07, 6.45) is 7.16. The lowest BCUT2D eigenvalue weighted by Crippen LogP contribution is -2.49. The molecule has 1 amide bonds. The first-order valence-corrected chi connectivity index (χ1v) is 11.8. The van der Waals surface area contributed by atoms with Crippen LogP contribution < -0.4 is 4.74 Å². The third kappa shape index (κ3) is 4.61. The molecule has 0 radical (unpaired) electrons. The molecule has 2 aliphatic rings. The van der Waals surface area contributed by atoms with Crippen LogP contribution in [-0.2, 0) is 24.8 Å². The molecule has 2 saturated heterocycles. The minimum Gasteiger partial charge on any atom is -0.481 e. The summed E-state index contributed by atoms with van der Waals surface area (Å²) in [5.74, 6) is 0.499. The average molecular weight is 449 g/mol. The van der Waals surface area contributed by atoms with Crippen LogP contribution in [0.1, 0.15) is 34.3 Å². The van der Waals surface area contributed by atoms with Gasteiger partial charge in [-0.15, -0.1) is 0 Å². The Morgan fingerprint density at radius 2 is 2.03 bits per heavy atom. The number of rotatable bonds is 6. The number of fused-ring (bicyclic) bond motifs is 1. The molecular formula is C26H32N4O3. The SMILES string of the molecule is COc1ccc(C(=O)N2CCOC[C@@H]2Cc2cn(C)c3ccc(CN4CCCC4)cc23)cn1. The first-order valence-electron chi connectivity index (χ1n) is 11.8. The van der Waals surface area contributed by atoms with Gasteiger partial charge in [0.2, 0.25) is 5.88 Å². The maximum absolute atomic E-state index is 13.3. The lowest BCUT2D eigenvalue weighted by molar-refractivity contribution is -0.00158. The molecule has 4 heterocycles. The van der Waals surface area contributed by atoms with Gasteiger partial charge in [-0.2, -0.15) is 0 Å². The van der Waals surface area contributed by atoms with E-state index < -0.39 is 0 Å². The zero-order valence-corrected chi connectivity index (χ0v) is 19.5. The van der Waals surface area contributed by atoms with Crippen molar-refractivity contribution in [2.75, 3.05) is 40.0 Å². The minimum absolute atomic E-state index is 0.00610. The molecule has 2 fully saturated rings. The number of methoxy groups -OCH3 is 1. The highest BCUT2D eigenvalue weighted by molar-refractivity contribution is 5.94. The van der Waals surface area contributed by atoms with Crippen molar-refractivity contribution < 1.29 is 14.3 Å². The van der Waals surface area contributed by atoms with Crippen molar-refractivity contribution in [2.24, 2.45) is 7.05 Å². The van der Waals surface area contributed by atoms with Gasteiger partial charge in [0.25, 0.3) is 5.91 Å². The number of benzene rings is 1. The van der Waals surface area contributed by atoms with E-state index >= 15 is 0 Å². The van der Waals surface area contributed by atoms with Crippen molar-refractivity contribution in [3.05, 3.63) is 59.4 Å². The van der Waals surface area contributed by atoms with Gasteiger partial charge in [-0.3, -0.25) is 9.69 Å². The van der Waals surface area contributed by atoms with Gasteiger partial charge >= 0.3 is 0 Å². The minimum atomic E-state index is -0.0128. The van der Waals surface area contributed by atoms with E-state index in [0.717, 1.165) is 13.0 Å². The Bertz CT molecular complexity index is 1120. The number of aromatic nitrogens is 2. The van der Waals surface area contributed by atoms with Gasteiger partial charge < -0.3 is 18.9 Å². The molecular weight excluding hydrogens is 416 g/mol. The average Bonchev–Trinajstić information content (AvgIpc) is 3.47. The van der Waals surface area contributed by atoms with E-state index in [4.69, 9.17) is 9.47 Å². The molecule has 7 heteroatoms. The predicted molar refractivity (Wildman–Crippen MR) is 128 cm³/mol. The second kappa shape index (κ2) is 9.53. The van der Waals surface area contributed by atoms with Crippen LogP contribution in [0.3, 0.4) is 0 Å². The number of nitrogens with zero attached hydrogens (tertiary/aromatic N) is 4. The zero-order valence-electron chi connectivity index (χ0n) is 19.5. The number of hydrogen-bond acceptors (Lipinski definition) is 5. The maximum Gasteiger partial charge on any atom is 0.255 e. The van der Waals surface area contributed by atoms with Crippen molar-refractivity contribution in [3.8, 4) is 5.88 Å². The number of morpholine rings is 1. The molecule has 174 valence electrons. The van der Waals surface area contributed by atoms with Crippen molar-refractivity contribution in [3.63, 3.8) is 0 Å². The largest absolute Gasteiger partial charge is 0.481 e. The molecule has 0 N–H and O–H groups in total. The monoisotopic (exact) mass is 448 g/mol. The molecule has 0 spiro atoms. The fraction of sp³-hybridized carbons (Fsp3) is 0.462. The number of pyridine rings is 1. The first kappa shape index (κ1) is 21.9. The number of carbonyl (C=O) groups is 1. The van der Waals surface area contributed by atoms with Crippen molar-refractivity contribution >= 4 is 16.8 Å². The van der Waals surface area contributed by atoms with E-state index in [0.29, 0.717) is 31.2 Å². The van der Waals surface area contributed by atoms with Gasteiger partial charge in [-0.1, -0.05) is 6.07 Å². The topological polar surface area (TPSA) is 59.8 Å². The lowest BCUT2D eigenvalue weighted by Gasteiger charge is -2.35. The standard InChI is InChI=1S/C26H32N4O3/c1-28-17-21(23-13-19(5-7-24(23)28)16-29-9-3-4-10-29)14-22-18-33-12-11-30(22)26(31)20-6-8-25(32-2)27-15-20/h5-8,13,15,17,22H,3-4,9-12,14,16,18H2,1-2H3/t22-/m0/s1. The van der Waals surface area contributed by atoms with Crippen LogP contribution >= 0.6 is 0 Å². The lowest BCUT2D eigenvalue weighted by atomic mass is 10.0. The summed E-state index contributed by atoms with van der Waals surface area (Å²) >= 11 is 0. The second-order valence-corrected chi connectivity index (χ2v) is 9.12. The van der Waals surface area contributed by atoms with E-state index in [2.05, 4.69) is 45.9 Å². The molecule has 1 aromatic carbocycles. The summed E-state index contributed by atoms with van der Waals surface area (Å²) in [5, 5.41) is 1.28.